The molecule has 2 fully saturated rings. The van der Waals surface area contributed by atoms with Crippen LogP contribution in [0.4, 0.5) is 0 Å². The number of amides is 2. The highest BCUT2D eigenvalue weighted by atomic mass is 32.2. The first-order valence-electron chi connectivity index (χ1n) is 7.18. The molecule has 7 heteroatoms. The zero-order chi connectivity index (χ0) is 14.7. The second kappa shape index (κ2) is 6.81. The van der Waals surface area contributed by atoms with Crippen LogP contribution in [0.25, 0.3) is 0 Å². The molecule has 2 saturated heterocycles. The van der Waals surface area contributed by atoms with Gasteiger partial charge in [-0.3, -0.25) is 14.9 Å². The second-order valence-corrected chi connectivity index (χ2v) is 7.20. The Morgan fingerprint density at radius 3 is 2.71 bits per heavy atom. The fraction of sp³-hybridized carbons (Fsp3) is 0.571. The molecule has 1 aromatic rings. The molecule has 0 aromatic carbocycles. The van der Waals surface area contributed by atoms with Crippen molar-refractivity contribution < 1.29 is 9.59 Å². The summed E-state index contributed by atoms with van der Waals surface area (Å²) in [5.74, 6) is 1.99. The van der Waals surface area contributed by atoms with E-state index < -0.39 is 0 Å². The maximum atomic E-state index is 12.4. The van der Waals surface area contributed by atoms with Crippen molar-refractivity contribution >= 4 is 34.9 Å². The van der Waals surface area contributed by atoms with Gasteiger partial charge < -0.3 is 9.80 Å². The monoisotopic (exact) mass is 325 g/mol. The van der Waals surface area contributed by atoms with Crippen molar-refractivity contribution in [1.82, 2.24) is 15.1 Å². The third-order valence-corrected chi connectivity index (χ3v) is 5.64. The number of carbonyl (C=O) groups excluding carboxylic acids is 2. The van der Waals surface area contributed by atoms with Crippen LogP contribution in [0.15, 0.2) is 17.5 Å². The molecule has 0 saturated carbocycles. The van der Waals surface area contributed by atoms with Crippen molar-refractivity contribution in [3.63, 3.8) is 0 Å². The third-order valence-electron chi connectivity index (χ3n) is 3.84. The van der Waals surface area contributed by atoms with Crippen molar-refractivity contribution in [2.24, 2.45) is 0 Å². The van der Waals surface area contributed by atoms with E-state index in [1.54, 1.807) is 11.8 Å². The third kappa shape index (κ3) is 3.41. The minimum atomic E-state index is -0.0467. The van der Waals surface area contributed by atoms with Crippen LogP contribution in [-0.2, 0) is 4.79 Å². The maximum Gasteiger partial charge on any atom is 0.263 e. The van der Waals surface area contributed by atoms with Crippen LogP contribution >= 0.6 is 23.1 Å². The van der Waals surface area contributed by atoms with Gasteiger partial charge in [0.2, 0.25) is 5.91 Å². The molecule has 1 aromatic heterocycles. The lowest BCUT2D eigenvalue weighted by Gasteiger charge is -2.24. The van der Waals surface area contributed by atoms with Crippen LogP contribution < -0.4 is 5.32 Å². The Bertz CT molecular complexity index is 500. The van der Waals surface area contributed by atoms with Gasteiger partial charge in [-0.2, -0.15) is 0 Å². The van der Waals surface area contributed by atoms with Crippen molar-refractivity contribution in [2.75, 3.05) is 37.8 Å². The average Bonchev–Trinajstić information content (AvgIpc) is 3.15. The molecule has 0 bridgehead atoms. The SMILES string of the molecule is O=C(c1cccs1)N1CCCN(C(=O)C2CSCN2)CC1. The van der Waals surface area contributed by atoms with E-state index in [2.05, 4.69) is 5.32 Å². The largest absolute Gasteiger partial charge is 0.339 e. The van der Waals surface area contributed by atoms with E-state index in [1.165, 1.54) is 11.3 Å². The Kier molecular flexibility index (Phi) is 4.82. The van der Waals surface area contributed by atoms with Gasteiger partial charge in [0, 0.05) is 37.8 Å². The first-order valence-corrected chi connectivity index (χ1v) is 9.22. The van der Waals surface area contributed by atoms with Crippen LogP contribution in [0.3, 0.4) is 0 Å². The predicted molar refractivity (Wildman–Crippen MR) is 85.7 cm³/mol. The lowest BCUT2D eigenvalue weighted by Crippen LogP contribution is -2.46. The van der Waals surface area contributed by atoms with E-state index >= 15 is 0 Å². The van der Waals surface area contributed by atoms with Gasteiger partial charge in [0.15, 0.2) is 0 Å². The maximum absolute atomic E-state index is 12.4. The van der Waals surface area contributed by atoms with Crippen LogP contribution in [0.2, 0.25) is 0 Å². The zero-order valence-electron chi connectivity index (χ0n) is 11.8. The van der Waals surface area contributed by atoms with Gasteiger partial charge >= 0.3 is 0 Å². The summed E-state index contributed by atoms with van der Waals surface area (Å²) in [7, 11) is 0. The lowest BCUT2D eigenvalue weighted by atomic mass is 10.2. The summed E-state index contributed by atoms with van der Waals surface area (Å²) in [6, 6.07) is 3.71. The molecule has 0 spiro atoms. The number of carbonyl (C=O) groups is 2. The molecule has 3 heterocycles. The molecule has 2 amide bonds. The molecule has 114 valence electrons. The Balaban J connectivity index is 1.59. The molecule has 0 radical (unpaired) electrons. The molecular weight excluding hydrogens is 306 g/mol. The fourth-order valence-corrected chi connectivity index (χ4v) is 4.30. The van der Waals surface area contributed by atoms with Gasteiger partial charge in [0.05, 0.1) is 10.9 Å². The topological polar surface area (TPSA) is 52.7 Å². The van der Waals surface area contributed by atoms with Crippen LogP contribution in [0.5, 0.6) is 0 Å². The molecule has 3 rings (SSSR count). The number of rotatable bonds is 2. The van der Waals surface area contributed by atoms with Gasteiger partial charge in [-0.05, 0) is 17.9 Å². The number of hydrogen-bond acceptors (Lipinski definition) is 5. The van der Waals surface area contributed by atoms with E-state index in [9.17, 15) is 9.59 Å². The first kappa shape index (κ1) is 14.9. The van der Waals surface area contributed by atoms with Crippen LogP contribution in [-0.4, -0.2) is 65.5 Å². The zero-order valence-corrected chi connectivity index (χ0v) is 13.4. The fourth-order valence-electron chi connectivity index (χ4n) is 2.67. The quantitative estimate of drug-likeness (QED) is 0.884. The molecule has 1 atom stereocenters. The van der Waals surface area contributed by atoms with Crippen molar-refractivity contribution in [3.8, 4) is 0 Å². The van der Waals surface area contributed by atoms with E-state index in [0.29, 0.717) is 13.1 Å². The summed E-state index contributed by atoms with van der Waals surface area (Å²) in [6.07, 6.45) is 0.850. The highest BCUT2D eigenvalue weighted by molar-refractivity contribution is 7.99. The highest BCUT2D eigenvalue weighted by Crippen LogP contribution is 2.16. The van der Waals surface area contributed by atoms with Gasteiger partial charge in [-0.1, -0.05) is 6.07 Å². The van der Waals surface area contributed by atoms with Crippen molar-refractivity contribution in [3.05, 3.63) is 22.4 Å². The summed E-state index contributed by atoms with van der Waals surface area (Å²) in [4.78, 5) is 29.3. The minimum absolute atomic E-state index is 0.0467. The van der Waals surface area contributed by atoms with Crippen molar-refractivity contribution in [1.29, 1.82) is 0 Å². The van der Waals surface area contributed by atoms with Gasteiger partial charge in [0.25, 0.3) is 5.91 Å². The Morgan fingerprint density at radius 1 is 1.19 bits per heavy atom. The lowest BCUT2D eigenvalue weighted by molar-refractivity contribution is -0.132. The predicted octanol–water partition coefficient (Wildman–Crippen LogP) is 1.09. The van der Waals surface area contributed by atoms with E-state index in [0.717, 1.165) is 36.0 Å². The molecule has 2 aliphatic heterocycles. The number of thiophene rings is 1. The Labute approximate surface area is 132 Å². The highest BCUT2D eigenvalue weighted by Gasteiger charge is 2.29. The molecule has 21 heavy (non-hydrogen) atoms. The Hall–Kier alpha value is -1.05. The molecule has 5 nitrogen and oxygen atoms in total. The van der Waals surface area contributed by atoms with E-state index in [1.807, 2.05) is 27.3 Å². The van der Waals surface area contributed by atoms with Crippen LogP contribution in [0, 0.1) is 0 Å². The summed E-state index contributed by atoms with van der Waals surface area (Å²) in [5, 5.41) is 5.14. The summed E-state index contributed by atoms with van der Waals surface area (Å²) < 4.78 is 0. The number of nitrogens with zero attached hydrogens (tertiary/aromatic N) is 2. The average molecular weight is 325 g/mol. The van der Waals surface area contributed by atoms with Crippen molar-refractivity contribution in [2.45, 2.75) is 12.5 Å². The molecule has 1 unspecified atom stereocenters. The van der Waals surface area contributed by atoms with Gasteiger partial charge in [-0.15, -0.1) is 23.1 Å². The Morgan fingerprint density at radius 2 is 2.00 bits per heavy atom. The number of thioether (sulfide) groups is 1. The number of hydrogen-bond donors (Lipinski definition) is 1. The van der Waals surface area contributed by atoms with Gasteiger partial charge in [-0.25, -0.2) is 0 Å². The normalized spacial score (nSPS) is 23.1. The standard InChI is InChI=1S/C14H19N3O2S2/c18-13(11-9-20-10-15-11)16-4-2-5-17(7-6-16)14(19)12-3-1-8-21-12/h1,3,8,11,15H,2,4-7,9-10H2. The molecule has 1 N–H and O–H groups in total. The smallest absolute Gasteiger partial charge is 0.263 e. The first-order chi connectivity index (χ1) is 10.3. The minimum Gasteiger partial charge on any atom is -0.339 e. The summed E-state index contributed by atoms with van der Waals surface area (Å²) in [6.45, 7) is 2.74. The van der Waals surface area contributed by atoms with E-state index in [-0.39, 0.29) is 17.9 Å². The molecule has 2 aliphatic rings. The van der Waals surface area contributed by atoms with Gasteiger partial charge in [0.1, 0.15) is 0 Å². The summed E-state index contributed by atoms with van der Waals surface area (Å²) in [5.41, 5.74) is 0. The number of nitrogens with one attached hydrogen (secondary N) is 1. The van der Waals surface area contributed by atoms with E-state index in [4.69, 9.17) is 0 Å². The molecular formula is C14H19N3O2S2. The molecule has 0 aliphatic carbocycles. The van der Waals surface area contributed by atoms with Crippen LogP contribution in [0.1, 0.15) is 16.1 Å². The second-order valence-electron chi connectivity index (χ2n) is 5.22. The summed E-state index contributed by atoms with van der Waals surface area (Å²) >= 11 is 3.24.